The van der Waals surface area contributed by atoms with Gasteiger partial charge in [0.2, 0.25) is 41.4 Å². The van der Waals surface area contributed by atoms with E-state index in [1.165, 1.54) is 13.8 Å². The molecule has 1 aliphatic rings. The van der Waals surface area contributed by atoms with Crippen molar-refractivity contribution in [3.05, 3.63) is 71.9 Å². The summed E-state index contributed by atoms with van der Waals surface area (Å²) >= 11 is 0. The zero-order valence-corrected chi connectivity index (χ0v) is 41.4. The van der Waals surface area contributed by atoms with Gasteiger partial charge in [0, 0.05) is 93.5 Å². The highest BCUT2D eigenvalue weighted by atomic mass is 16.2. The molecule has 0 saturated carbocycles. The monoisotopic (exact) mass is 998 g/mol. The molecule has 7 atom stereocenters. The highest BCUT2D eigenvalue weighted by Crippen LogP contribution is 2.26. The van der Waals surface area contributed by atoms with Gasteiger partial charge in [0.05, 0.1) is 6.04 Å². The van der Waals surface area contributed by atoms with Crippen LogP contribution < -0.4 is 49.1 Å². The summed E-state index contributed by atoms with van der Waals surface area (Å²) in [5.74, 6) is -9.58. The number of guanidine groups is 1. The van der Waals surface area contributed by atoms with Gasteiger partial charge in [-0.25, -0.2) is 0 Å². The van der Waals surface area contributed by atoms with E-state index in [9.17, 15) is 47.9 Å². The number of amides is 7. The number of carbonyl (C=O) groups excluding carboxylic acids is 10. The first kappa shape index (κ1) is 57.1. The predicted octanol–water partition coefficient (Wildman–Crippen LogP) is 0.804. The Morgan fingerprint density at radius 3 is 2.21 bits per heavy atom. The average Bonchev–Trinajstić information content (AvgIpc) is 3.75. The molecule has 7 amide bonds. The molecular weight excluding hydrogens is 927 g/mol. The van der Waals surface area contributed by atoms with E-state index in [4.69, 9.17) is 17.2 Å². The van der Waals surface area contributed by atoms with Gasteiger partial charge in [0.25, 0.3) is 0 Å². The third kappa shape index (κ3) is 19.0. The molecule has 1 aliphatic heterocycles. The molecule has 72 heavy (non-hydrogen) atoms. The molecule has 0 spiro atoms. The second-order valence-electron chi connectivity index (χ2n) is 18.4. The number of rotatable bonds is 18. The zero-order chi connectivity index (χ0) is 52.7. The number of para-hydroxylation sites is 1. The number of aromatic nitrogens is 1. The zero-order valence-electron chi connectivity index (χ0n) is 41.4. The van der Waals surface area contributed by atoms with Gasteiger partial charge in [-0.05, 0) is 62.6 Å². The molecule has 2 aromatic carbocycles. The van der Waals surface area contributed by atoms with Gasteiger partial charge in [-0.1, -0.05) is 68.3 Å². The van der Waals surface area contributed by atoms with Crippen LogP contribution in [0.25, 0.3) is 10.9 Å². The number of primary amides is 1. The lowest BCUT2D eigenvalue weighted by Gasteiger charge is -2.26. The number of hydrogen-bond acceptors (Lipinski definition) is 11. The van der Waals surface area contributed by atoms with Crippen LogP contribution in [-0.4, -0.2) is 113 Å². The normalized spacial score (nSPS) is 21.0. The number of benzene rings is 2. The number of carbonyl (C=O) groups is 10. The number of unbranched alkanes of at least 4 members (excludes halogenated alkanes) is 1. The Morgan fingerprint density at radius 2 is 1.53 bits per heavy atom. The van der Waals surface area contributed by atoms with Gasteiger partial charge in [0.15, 0.2) is 11.7 Å². The minimum absolute atomic E-state index is 0.000252. The summed E-state index contributed by atoms with van der Waals surface area (Å²) in [6.45, 7) is 4.16. The standard InChI is InChI=1S/C51H71N11O10/c1-4-5-16-39(60-31(3)63)50(72)61-40-20-22-55-45(67)18-19-46(68)58-29-36(43(65)26-34(47(52)69)24-35-28-57-38-17-10-9-15-37(35)38)27-42(64)33(14-11-21-56-51(53)54)25-44(66)41(23-32-12-7-6-8-13-32)62-48(70)30(2)59-49(40)71/h6-10,12-13,15,17,28,30,33-34,36,39-41,57H,4-5,11,14,16,18-27,29H2,1-3H3,(H2,52,69)(H,55,67)(H,58,68)(H,59,71)(H,60,63)(H,61,72)(H,62,70)(H4,53,54,56)/t30-,33+,34+,36-,39-,40-,41+/m0/s1. The minimum Gasteiger partial charge on any atom is -0.370 e. The highest BCUT2D eigenvalue weighted by Gasteiger charge is 2.34. The van der Waals surface area contributed by atoms with Crippen molar-refractivity contribution in [3.8, 4) is 0 Å². The molecule has 1 fully saturated rings. The smallest absolute Gasteiger partial charge is 0.243 e. The Labute approximate surface area is 419 Å². The fraction of sp³-hybridized carbons (Fsp3) is 0.510. The maximum Gasteiger partial charge on any atom is 0.243 e. The van der Waals surface area contributed by atoms with E-state index in [1.807, 2.05) is 31.2 Å². The summed E-state index contributed by atoms with van der Waals surface area (Å²) in [7, 11) is 0. The van der Waals surface area contributed by atoms with E-state index in [-0.39, 0.29) is 83.4 Å². The van der Waals surface area contributed by atoms with Crippen LogP contribution in [0.1, 0.15) is 103 Å². The summed E-state index contributed by atoms with van der Waals surface area (Å²) in [5, 5.41) is 16.7. The summed E-state index contributed by atoms with van der Waals surface area (Å²) in [6, 6.07) is 11.4. The molecule has 0 aliphatic carbocycles. The first-order valence-corrected chi connectivity index (χ1v) is 24.6. The van der Waals surface area contributed by atoms with E-state index >= 15 is 0 Å². The van der Waals surface area contributed by atoms with Crippen LogP contribution in [-0.2, 0) is 60.8 Å². The number of Topliss-reactive ketones (excluding diaryl/α,β-unsaturated/α-hetero) is 3. The molecular formula is C51H71N11O10. The fourth-order valence-corrected chi connectivity index (χ4v) is 8.50. The molecule has 3 aromatic rings. The molecule has 4 rings (SSSR count). The number of nitrogens with one attached hydrogen (secondary N) is 7. The SMILES string of the molecule is CCCC[C@H](NC(C)=O)C(=O)N[C@H]1CCNC(=O)CCC(=O)NC[C@@H](C(=O)C[C@@H](Cc2c[nH]c3ccccc23)C(N)=O)CC(=O)[C@H](CCCN=C(N)N)CC(=O)[C@@H](Cc2ccccc2)NC(=O)[C@H](C)NC1=O. The van der Waals surface area contributed by atoms with Gasteiger partial charge in [-0.2, -0.15) is 0 Å². The van der Waals surface area contributed by atoms with Crippen molar-refractivity contribution in [1.82, 2.24) is 36.9 Å². The van der Waals surface area contributed by atoms with Crippen molar-refractivity contribution in [1.29, 1.82) is 0 Å². The van der Waals surface area contributed by atoms with Crippen LogP contribution in [0.15, 0.2) is 65.8 Å². The molecule has 1 saturated heterocycles. The van der Waals surface area contributed by atoms with E-state index in [1.54, 1.807) is 36.5 Å². The number of H-pyrrole nitrogens is 1. The molecule has 2 heterocycles. The van der Waals surface area contributed by atoms with Crippen LogP contribution in [0.2, 0.25) is 0 Å². The minimum atomic E-state index is -1.31. The molecule has 1 aromatic heterocycles. The van der Waals surface area contributed by atoms with Crippen molar-refractivity contribution < 1.29 is 47.9 Å². The second-order valence-corrected chi connectivity index (χ2v) is 18.4. The number of hydrogen-bond donors (Lipinski definition) is 10. The van der Waals surface area contributed by atoms with Gasteiger partial charge in [-0.15, -0.1) is 0 Å². The lowest BCUT2D eigenvalue weighted by molar-refractivity contribution is -0.135. The van der Waals surface area contributed by atoms with Gasteiger partial charge < -0.3 is 54.1 Å². The number of nitrogens with two attached hydrogens (primary N) is 3. The Morgan fingerprint density at radius 1 is 0.833 bits per heavy atom. The van der Waals surface area contributed by atoms with Crippen molar-refractivity contribution in [3.63, 3.8) is 0 Å². The summed E-state index contributed by atoms with van der Waals surface area (Å²) in [6.07, 6.45) is 1.74. The first-order chi connectivity index (χ1) is 34.3. The second kappa shape index (κ2) is 29.0. The van der Waals surface area contributed by atoms with E-state index in [0.29, 0.717) is 12.0 Å². The largest absolute Gasteiger partial charge is 0.370 e. The molecule has 0 radical (unpaired) electrons. The number of aliphatic imine (C=N–C) groups is 1. The topological polar surface area (TPSA) is 349 Å². The van der Waals surface area contributed by atoms with Crippen LogP contribution in [0.5, 0.6) is 0 Å². The molecule has 21 heteroatoms. The van der Waals surface area contributed by atoms with Crippen LogP contribution in [0, 0.1) is 17.8 Å². The van der Waals surface area contributed by atoms with E-state index in [2.05, 4.69) is 41.9 Å². The third-order valence-electron chi connectivity index (χ3n) is 12.6. The van der Waals surface area contributed by atoms with Crippen LogP contribution >= 0.6 is 0 Å². The number of fused-ring (bicyclic) bond motifs is 1. The Kier molecular flexibility index (Phi) is 23.0. The molecule has 390 valence electrons. The third-order valence-corrected chi connectivity index (χ3v) is 12.6. The maximum atomic E-state index is 14.5. The van der Waals surface area contributed by atoms with Gasteiger partial charge >= 0.3 is 0 Å². The number of aromatic amines is 1. The van der Waals surface area contributed by atoms with Gasteiger partial charge in [0.1, 0.15) is 29.7 Å². The van der Waals surface area contributed by atoms with Crippen LogP contribution in [0.3, 0.4) is 0 Å². The average molecular weight is 998 g/mol. The number of nitrogens with zero attached hydrogens (tertiary/aromatic N) is 1. The van der Waals surface area contributed by atoms with Crippen LogP contribution in [0.4, 0.5) is 0 Å². The lowest BCUT2D eigenvalue weighted by Crippen LogP contribution is -2.57. The van der Waals surface area contributed by atoms with Crippen molar-refractivity contribution >= 4 is 75.6 Å². The summed E-state index contributed by atoms with van der Waals surface area (Å²) in [5.41, 5.74) is 19.2. The number of ketones is 3. The first-order valence-electron chi connectivity index (χ1n) is 24.6. The Hall–Kier alpha value is -7.45. The van der Waals surface area contributed by atoms with Crippen molar-refractivity contribution in [2.45, 2.75) is 128 Å². The fourth-order valence-electron chi connectivity index (χ4n) is 8.50. The molecule has 13 N–H and O–H groups in total. The lowest BCUT2D eigenvalue weighted by atomic mass is 9.82. The van der Waals surface area contributed by atoms with Crippen molar-refractivity contribution in [2.75, 3.05) is 19.6 Å². The molecule has 0 unspecified atom stereocenters. The maximum absolute atomic E-state index is 14.5. The molecule has 21 nitrogen and oxygen atoms in total. The Balaban J connectivity index is 1.69. The van der Waals surface area contributed by atoms with E-state index < -0.39 is 113 Å². The summed E-state index contributed by atoms with van der Waals surface area (Å²) in [4.78, 5) is 143. The Bertz CT molecular complexity index is 2420. The highest BCUT2D eigenvalue weighted by molar-refractivity contribution is 5.98. The van der Waals surface area contributed by atoms with Crippen molar-refractivity contribution in [2.24, 2.45) is 39.9 Å². The summed E-state index contributed by atoms with van der Waals surface area (Å²) < 4.78 is 0. The quantitative estimate of drug-likeness (QED) is 0.0481. The predicted molar refractivity (Wildman–Crippen MR) is 269 cm³/mol. The molecule has 0 bridgehead atoms. The van der Waals surface area contributed by atoms with E-state index in [0.717, 1.165) is 22.9 Å². The van der Waals surface area contributed by atoms with Gasteiger partial charge in [-0.3, -0.25) is 52.9 Å².